The molecule has 0 aliphatic carbocycles. The van der Waals surface area contributed by atoms with E-state index in [0.717, 1.165) is 10.8 Å². The summed E-state index contributed by atoms with van der Waals surface area (Å²) in [4.78, 5) is 12.2. The number of aromatic amines is 1. The van der Waals surface area contributed by atoms with Crippen molar-refractivity contribution in [2.24, 2.45) is 0 Å². The van der Waals surface area contributed by atoms with Crippen LogP contribution in [0.2, 0.25) is 0 Å². The smallest absolute Gasteiger partial charge is 0.198 e. The summed E-state index contributed by atoms with van der Waals surface area (Å²) in [5, 5.41) is 8.46. The van der Waals surface area contributed by atoms with E-state index >= 15 is 0 Å². The Kier molecular flexibility index (Phi) is 2.34. The van der Waals surface area contributed by atoms with E-state index < -0.39 is 0 Å². The van der Waals surface area contributed by atoms with E-state index in [0.29, 0.717) is 16.9 Å². The van der Waals surface area contributed by atoms with Crippen LogP contribution in [-0.4, -0.2) is 16.0 Å². The number of carbonyl (C=O) groups is 1. The number of nitrogen functional groups attached to an aromatic ring is 1. The molecule has 0 saturated heterocycles. The van der Waals surface area contributed by atoms with E-state index in [4.69, 9.17) is 5.73 Å². The summed E-state index contributed by atoms with van der Waals surface area (Å²) >= 11 is 0. The molecule has 0 aliphatic heterocycles. The Morgan fingerprint density at radius 3 is 2.61 bits per heavy atom. The molecule has 1 aromatic heterocycles. The molecular weight excluding hydrogens is 226 g/mol. The van der Waals surface area contributed by atoms with Crippen LogP contribution >= 0.6 is 0 Å². The van der Waals surface area contributed by atoms with E-state index in [2.05, 4.69) is 10.2 Å². The number of hydrogen-bond acceptors (Lipinski definition) is 3. The summed E-state index contributed by atoms with van der Waals surface area (Å²) in [6.07, 6.45) is 1.45. The van der Waals surface area contributed by atoms with Crippen LogP contribution in [-0.2, 0) is 0 Å². The fourth-order valence-electron chi connectivity index (χ4n) is 1.96. The zero-order valence-corrected chi connectivity index (χ0v) is 9.55. The van der Waals surface area contributed by atoms with Crippen LogP contribution < -0.4 is 5.73 Å². The Balaban J connectivity index is 2.10. The van der Waals surface area contributed by atoms with Crippen LogP contribution in [0.15, 0.2) is 48.7 Å². The summed E-state index contributed by atoms with van der Waals surface area (Å²) < 4.78 is 0. The second kappa shape index (κ2) is 4.00. The van der Waals surface area contributed by atoms with Crippen molar-refractivity contribution in [3.05, 3.63) is 59.8 Å². The molecule has 0 radical (unpaired) electrons. The van der Waals surface area contributed by atoms with Crippen LogP contribution in [0, 0.1) is 0 Å². The largest absolute Gasteiger partial charge is 0.383 e. The number of H-pyrrole nitrogens is 1. The topological polar surface area (TPSA) is 71.8 Å². The van der Waals surface area contributed by atoms with Crippen molar-refractivity contribution in [1.29, 1.82) is 0 Å². The van der Waals surface area contributed by atoms with Crippen molar-refractivity contribution in [2.75, 3.05) is 5.73 Å². The van der Waals surface area contributed by atoms with Gasteiger partial charge in [-0.25, -0.2) is 0 Å². The number of ketones is 1. The van der Waals surface area contributed by atoms with Gasteiger partial charge in [-0.15, -0.1) is 0 Å². The van der Waals surface area contributed by atoms with Gasteiger partial charge in [0.1, 0.15) is 5.82 Å². The number of nitrogens with two attached hydrogens (primary N) is 1. The second-order valence-corrected chi connectivity index (χ2v) is 4.09. The van der Waals surface area contributed by atoms with Crippen LogP contribution in [0.5, 0.6) is 0 Å². The van der Waals surface area contributed by atoms with E-state index in [-0.39, 0.29) is 5.78 Å². The summed E-state index contributed by atoms with van der Waals surface area (Å²) in [5.74, 6) is 0.181. The van der Waals surface area contributed by atoms with Crippen molar-refractivity contribution >= 4 is 22.4 Å². The molecule has 0 amide bonds. The lowest BCUT2D eigenvalue weighted by Crippen LogP contribution is -2.03. The van der Waals surface area contributed by atoms with E-state index in [1.54, 1.807) is 6.07 Å². The predicted molar refractivity (Wildman–Crippen MR) is 70.4 cm³/mol. The zero-order valence-electron chi connectivity index (χ0n) is 9.55. The van der Waals surface area contributed by atoms with Gasteiger partial charge in [0.15, 0.2) is 5.78 Å². The van der Waals surface area contributed by atoms with E-state index in [1.807, 2.05) is 36.4 Å². The number of benzene rings is 2. The summed E-state index contributed by atoms with van der Waals surface area (Å²) in [5.41, 5.74) is 6.67. The third-order valence-electron chi connectivity index (χ3n) is 2.93. The number of nitrogens with zero attached hydrogens (tertiary/aromatic N) is 1. The summed E-state index contributed by atoms with van der Waals surface area (Å²) in [6.45, 7) is 0. The molecule has 0 bridgehead atoms. The predicted octanol–water partition coefficient (Wildman–Crippen LogP) is 2.38. The fraction of sp³-hybridized carbons (Fsp3) is 0. The van der Waals surface area contributed by atoms with Crippen LogP contribution in [0.1, 0.15) is 15.9 Å². The highest BCUT2D eigenvalue weighted by Crippen LogP contribution is 2.19. The van der Waals surface area contributed by atoms with Crippen molar-refractivity contribution in [3.8, 4) is 0 Å². The Labute approximate surface area is 103 Å². The molecule has 0 fully saturated rings. The van der Waals surface area contributed by atoms with Crippen LogP contribution in [0.3, 0.4) is 0 Å². The normalized spacial score (nSPS) is 10.7. The Morgan fingerprint density at radius 2 is 1.89 bits per heavy atom. The van der Waals surface area contributed by atoms with Crippen LogP contribution in [0.4, 0.5) is 5.82 Å². The van der Waals surface area contributed by atoms with Crippen molar-refractivity contribution in [3.63, 3.8) is 0 Å². The lowest BCUT2D eigenvalue weighted by molar-refractivity contribution is 0.104. The lowest BCUT2D eigenvalue weighted by atomic mass is 10.0. The molecule has 0 spiro atoms. The minimum atomic E-state index is -0.119. The maximum Gasteiger partial charge on any atom is 0.198 e. The van der Waals surface area contributed by atoms with Gasteiger partial charge in [0, 0.05) is 5.56 Å². The number of nitrogens with one attached hydrogen (secondary N) is 1. The monoisotopic (exact) mass is 237 g/mol. The number of rotatable bonds is 2. The van der Waals surface area contributed by atoms with Crippen molar-refractivity contribution in [2.45, 2.75) is 0 Å². The number of carbonyl (C=O) groups excluding carboxylic acids is 1. The minimum absolute atomic E-state index is 0.119. The average Bonchev–Trinajstić information content (AvgIpc) is 2.83. The lowest BCUT2D eigenvalue weighted by Gasteiger charge is -2.02. The first-order valence-corrected chi connectivity index (χ1v) is 5.58. The van der Waals surface area contributed by atoms with Gasteiger partial charge in [-0.2, -0.15) is 5.10 Å². The second-order valence-electron chi connectivity index (χ2n) is 4.09. The van der Waals surface area contributed by atoms with Crippen LogP contribution in [0.25, 0.3) is 10.8 Å². The molecule has 88 valence electrons. The standard InChI is InChI=1S/C14H11N3O/c15-14-12(8-16-17-14)13(18)11-6-5-9-3-1-2-4-10(9)7-11/h1-8H,(H3,15,16,17). The maximum atomic E-state index is 12.2. The SMILES string of the molecule is Nc1[nH]ncc1C(=O)c1ccc2ccccc2c1. The van der Waals surface area contributed by atoms with Gasteiger partial charge in [0.25, 0.3) is 0 Å². The number of fused-ring (bicyclic) bond motifs is 1. The molecule has 3 rings (SSSR count). The van der Waals surface area contributed by atoms with Gasteiger partial charge in [-0.3, -0.25) is 9.89 Å². The molecule has 4 heteroatoms. The molecule has 0 saturated carbocycles. The Morgan fingerprint density at radius 1 is 1.11 bits per heavy atom. The average molecular weight is 237 g/mol. The fourth-order valence-corrected chi connectivity index (χ4v) is 1.96. The number of anilines is 1. The molecule has 3 aromatic rings. The van der Waals surface area contributed by atoms with Gasteiger partial charge in [0.05, 0.1) is 11.8 Å². The highest BCUT2D eigenvalue weighted by Gasteiger charge is 2.14. The maximum absolute atomic E-state index is 12.2. The van der Waals surface area contributed by atoms with Gasteiger partial charge >= 0.3 is 0 Å². The third kappa shape index (κ3) is 1.64. The van der Waals surface area contributed by atoms with Crippen molar-refractivity contribution < 1.29 is 4.79 Å². The van der Waals surface area contributed by atoms with Gasteiger partial charge in [0.2, 0.25) is 0 Å². The molecule has 0 aliphatic rings. The molecule has 4 nitrogen and oxygen atoms in total. The molecular formula is C14H11N3O. The molecule has 3 N–H and O–H groups in total. The Hall–Kier alpha value is -2.62. The molecule has 2 aromatic carbocycles. The first kappa shape index (κ1) is 10.5. The molecule has 1 heterocycles. The first-order valence-electron chi connectivity index (χ1n) is 5.58. The van der Waals surface area contributed by atoms with E-state index in [1.165, 1.54) is 6.20 Å². The molecule has 18 heavy (non-hydrogen) atoms. The van der Waals surface area contributed by atoms with Gasteiger partial charge in [-0.05, 0) is 16.8 Å². The molecule has 0 atom stereocenters. The summed E-state index contributed by atoms with van der Waals surface area (Å²) in [7, 11) is 0. The molecule has 0 unspecified atom stereocenters. The third-order valence-corrected chi connectivity index (χ3v) is 2.93. The zero-order chi connectivity index (χ0) is 12.5. The summed E-state index contributed by atoms with van der Waals surface area (Å²) in [6, 6.07) is 13.5. The minimum Gasteiger partial charge on any atom is -0.383 e. The Bertz CT molecular complexity index is 730. The highest BCUT2D eigenvalue weighted by molar-refractivity contribution is 6.12. The number of aromatic nitrogens is 2. The number of hydrogen-bond donors (Lipinski definition) is 2. The van der Waals surface area contributed by atoms with E-state index in [9.17, 15) is 4.79 Å². The first-order chi connectivity index (χ1) is 8.75. The van der Waals surface area contributed by atoms with Gasteiger partial charge < -0.3 is 5.73 Å². The van der Waals surface area contributed by atoms with Gasteiger partial charge in [-0.1, -0.05) is 36.4 Å². The highest BCUT2D eigenvalue weighted by atomic mass is 16.1. The van der Waals surface area contributed by atoms with Crippen molar-refractivity contribution in [1.82, 2.24) is 10.2 Å². The quantitative estimate of drug-likeness (QED) is 0.672.